The average Bonchev–Trinajstić information content (AvgIpc) is 2.66. The number of nitrogens with one attached hydrogen (secondary N) is 1. The van der Waals surface area contributed by atoms with Gasteiger partial charge in [-0.3, -0.25) is 9.59 Å². The van der Waals surface area contributed by atoms with Gasteiger partial charge < -0.3 is 10.2 Å². The zero-order valence-electron chi connectivity index (χ0n) is 15.1. The Morgan fingerprint density at radius 3 is 2.22 bits per heavy atom. The Morgan fingerprint density at radius 1 is 1.07 bits per heavy atom. The maximum Gasteiger partial charge on any atom is 0.234 e. The molecule has 0 aliphatic carbocycles. The number of sulfone groups is 2. The van der Waals surface area contributed by atoms with Crippen molar-refractivity contribution in [1.29, 1.82) is 0 Å². The van der Waals surface area contributed by atoms with E-state index in [2.05, 4.69) is 5.32 Å². The van der Waals surface area contributed by atoms with E-state index in [1.54, 1.807) is 18.2 Å². The van der Waals surface area contributed by atoms with Crippen LogP contribution in [-0.2, 0) is 29.3 Å². The van der Waals surface area contributed by atoms with Gasteiger partial charge in [-0.1, -0.05) is 18.2 Å². The third-order valence-electron chi connectivity index (χ3n) is 4.60. The maximum absolute atomic E-state index is 12.3. The summed E-state index contributed by atoms with van der Waals surface area (Å²) in [6.07, 6.45) is 0.347. The zero-order chi connectivity index (χ0) is 20.1. The molecule has 1 aromatic rings. The van der Waals surface area contributed by atoms with E-state index in [0.717, 1.165) is 0 Å². The Morgan fingerprint density at radius 2 is 1.67 bits per heavy atom. The molecule has 0 saturated carbocycles. The number of carbonyl (C=O) groups excluding carboxylic acids is 2. The molecule has 1 N–H and O–H groups in total. The molecule has 150 valence electrons. The summed E-state index contributed by atoms with van der Waals surface area (Å²) in [5.74, 6) is -1.71. The largest absolute Gasteiger partial charge is 0.358 e. The fraction of sp³-hybridized carbons (Fsp3) is 0.529. The fourth-order valence-corrected chi connectivity index (χ4v) is 5.89. The summed E-state index contributed by atoms with van der Waals surface area (Å²) in [5, 5.41) is 1.63. The first-order valence-corrected chi connectivity index (χ1v) is 12.0. The Kier molecular flexibility index (Phi) is 6.99. The molecule has 0 atom stereocenters. The van der Waals surface area contributed by atoms with Crippen molar-refractivity contribution in [1.82, 2.24) is 10.2 Å². The van der Waals surface area contributed by atoms with E-state index in [0.29, 0.717) is 0 Å². The van der Waals surface area contributed by atoms with Gasteiger partial charge in [-0.2, -0.15) is 0 Å². The predicted octanol–water partition coefficient (Wildman–Crippen LogP) is 0.00220. The first kappa shape index (κ1) is 21.4. The lowest BCUT2D eigenvalue weighted by Gasteiger charge is -2.31. The third kappa shape index (κ3) is 5.77. The molecular weight excluding hydrogens is 392 g/mol. The third-order valence-corrected chi connectivity index (χ3v) is 8.48. The molecule has 1 aliphatic rings. The molecule has 2 rings (SSSR count). The van der Waals surface area contributed by atoms with Gasteiger partial charge in [-0.05, 0) is 25.0 Å². The summed E-state index contributed by atoms with van der Waals surface area (Å²) in [6, 6.07) is 7.94. The minimum Gasteiger partial charge on any atom is -0.358 e. The molecule has 0 radical (unpaired) electrons. The first-order valence-electron chi connectivity index (χ1n) is 8.63. The molecule has 10 heteroatoms. The second-order valence-corrected chi connectivity index (χ2v) is 10.8. The molecule has 0 bridgehead atoms. The summed E-state index contributed by atoms with van der Waals surface area (Å²) in [7, 11) is -5.72. The molecule has 0 aromatic heterocycles. The van der Waals surface area contributed by atoms with Gasteiger partial charge in [0, 0.05) is 26.6 Å². The van der Waals surface area contributed by atoms with Crippen LogP contribution in [0.25, 0.3) is 0 Å². The summed E-state index contributed by atoms with van der Waals surface area (Å²) >= 11 is 0. The smallest absolute Gasteiger partial charge is 0.234 e. The number of hydrogen-bond donors (Lipinski definition) is 1. The molecule has 1 heterocycles. The molecule has 1 aromatic carbocycles. The van der Waals surface area contributed by atoms with Crippen molar-refractivity contribution < 1.29 is 26.4 Å². The van der Waals surface area contributed by atoms with Crippen LogP contribution in [0.15, 0.2) is 35.2 Å². The summed E-state index contributed by atoms with van der Waals surface area (Å²) in [5.41, 5.74) is 0. The highest BCUT2D eigenvalue weighted by Gasteiger charge is 2.33. The quantitative estimate of drug-likeness (QED) is 0.669. The lowest BCUT2D eigenvalue weighted by Crippen LogP contribution is -2.44. The van der Waals surface area contributed by atoms with E-state index in [1.165, 1.54) is 24.1 Å². The van der Waals surface area contributed by atoms with E-state index in [9.17, 15) is 26.4 Å². The number of amides is 2. The monoisotopic (exact) mass is 416 g/mol. The van der Waals surface area contributed by atoms with Crippen LogP contribution in [0.1, 0.15) is 19.3 Å². The van der Waals surface area contributed by atoms with Gasteiger partial charge in [0.2, 0.25) is 11.8 Å². The predicted molar refractivity (Wildman–Crippen MR) is 101 cm³/mol. The molecule has 0 unspecified atom stereocenters. The van der Waals surface area contributed by atoms with E-state index in [-0.39, 0.29) is 48.9 Å². The number of carbonyl (C=O) groups is 2. The van der Waals surface area contributed by atoms with Crippen molar-refractivity contribution in [2.45, 2.75) is 29.4 Å². The lowest BCUT2D eigenvalue weighted by atomic mass is 10.1. The highest BCUT2D eigenvalue weighted by molar-refractivity contribution is 7.92. The topological polar surface area (TPSA) is 118 Å². The highest BCUT2D eigenvalue weighted by atomic mass is 32.2. The first-order chi connectivity index (χ1) is 12.7. The Labute approximate surface area is 159 Å². The number of piperidine rings is 1. The van der Waals surface area contributed by atoms with Crippen molar-refractivity contribution >= 4 is 31.5 Å². The number of likely N-dealkylation sites (tertiary alicyclic amines) is 1. The molecule has 27 heavy (non-hydrogen) atoms. The van der Waals surface area contributed by atoms with Crippen LogP contribution in [0.2, 0.25) is 0 Å². The van der Waals surface area contributed by atoms with Crippen LogP contribution in [0.5, 0.6) is 0 Å². The van der Waals surface area contributed by atoms with Gasteiger partial charge in [0.15, 0.2) is 19.7 Å². The lowest BCUT2D eigenvalue weighted by molar-refractivity contribution is -0.131. The number of rotatable bonds is 7. The molecule has 2 amide bonds. The van der Waals surface area contributed by atoms with E-state index in [4.69, 9.17) is 0 Å². The van der Waals surface area contributed by atoms with Gasteiger partial charge in [-0.15, -0.1) is 0 Å². The van der Waals surface area contributed by atoms with Crippen molar-refractivity contribution in [3.63, 3.8) is 0 Å². The van der Waals surface area contributed by atoms with E-state index in [1.807, 2.05) is 0 Å². The molecule has 1 aliphatic heterocycles. The molecule has 0 spiro atoms. The van der Waals surface area contributed by atoms with E-state index < -0.39 is 36.6 Å². The van der Waals surface area contributed by atoms with Crippen molar-refractivity contribution in [3.05, 3.63) is 30.3 Å². The molecular formula is C17H24N2O6S2. The number of hydrogen-bond acceptors (Lipinski definition) is 6. The van der Waals surface area contributed by atoms with E-state index >= 15 is 0 Å². The fourth-order valence-electron chi connectivity index (χ4n) is 2.96. The molecule has 1 fully saturated rings. The van der Waals surface area contributed by atoms with Crippen molar-refractivity contribution in [3.8, 4) is 0 Å². The summed E-state index contributed by atoms with van der Waals surface area (Å²) in [4.78, 5) is 25.3. The number of benzene rings is 1. The minimum absolute atomic E-state index is 0.146. The van der Waals surface area contributed by atoms with Gasteiger partial charge in [0.25, 0.3) is 0 Å². The van der Waals surface area contributed by atoms with Gasteiger partial charge in [0.05, 0.1) is 15.9 Å². The second-order valence-electron chi connectivity index (χ2n) is 6.44. The highest BCUT2D eigenvalue weighted by Crippen LogP contribution is 2.20. The zero-order valence-corrected chi connectivity index (χ0v) is 16.8. The average molecular weight is 417 g/mol. The van der Waals surface area contributed by atoms with Crippen molar-refractivity contribution in [2.75, 3.05) is 31.6 Å². The maximum atomic E-state index is 12.3. The molecule has 1 saturated heterocycles. The Bertz CT molecular complexity index is 873. The van der Waals surface area contributed by atoms with Crippen LogP contribution in [0.3, 0.4) is 0 Å². The van der Waals surface area contributed by atoms with Gasteiger partial charge in [0.1, 0.15) is 5.75 Å². The molecule has 8 nitrogen and oxygen atoms in total. The van der Waals surface area contributed by atoms with Gasteiger partial charge >= 0.3 is 0 Å². The summed E-state index contributed by atoms with van der Waals surface area (Å²) in [6.45, 7) is 0.476. The minimum atomic E-state index is -3.56. The Hall–Kier alpha value is -1.94. The van der Waals surface area contributed by atoms with Crippen LogP contribution in [0, 0.1) is 0 Å². The SMILES string of the molecule is CNC(=O)CS(=O)(=O)C1CCN(C(=O)CCS(=O)(=O)c2ccccc2)CC1. The van der Waals surface area contributed by atoms with Gasteiger partial charge in [-0.25, -0.2) is 16.8 Å². The van der Waals surface area contributed by atoms with Crippen molar-refractivity contribution in [2.24, 2.45) is 0 Å². The normalized spacial score (nSPS) is 16.1. The second kappa shape index (κ2) is 8.83. The van der Waals surface area contributed by atoms with Crippen LogP contribution < -0.4 is 5.32 Å². The van der Waals surface area contributed by atoms with Crippen LogP contribution >= 0.6 is 0 Å². The summed E-state index contributed by atoms with van der Waals surface area (Å²) < 4.78 is 48.9. The standard InChI is InChI=1S/C17H24N2O6S2/c1-18-16(20)13-27(24,25)15-7-10-19(11-8-15)17(21)9-12-26(22,23)14-5-3-2-4-6-14/h2-6,15H,7-13H2,1H3,(H,18,20). The van der Waals surface area contributed by atoms with Crippen LogP contribution in [-0.4, -0.2) is 70.4 Å². The Balaban J connectivity index is 1.87. The van der Waals surface area contributed by atoms with Crippen LogP contribution in [0.4, 0.5) is 0 Å². The number of nitrogens with zero attached hydrogens (tertiary/aromatic N) is 1.